The van der Waals surface area contributed by atoms with Gasteiger partial charge in [-0.15, -0.1) is 11.3 Å². The lowest BCUT2D eigenvalue weighted by molar-refractivity contribution is 0.261. The number of nitrogens with two attached hydrogens (primary N) is 1. The van der Waals surface area contributed by atoms with Gasteiger partial charge in [-0.05, 0) is 36.1 Å². The number of hydrogen-bond acceptors (Lipinski definition) is 7. The van der Waals surface area contributed by atoms with Crippen molar-refractivity contribution >= 4 is 36.9 Å². The molecule has 0 unspecified atom stereocenters. The maximum Gasteiger partial charge on any atom is 0.238 e. The van der Waals surface area contributed by atoms with E-state index in [4.69, 9.17) is 5.14 Å². The van der Waals surface area contributed by atoms with Crippen LogP contribution in [-0.2, 0) is 26.3 Å². The number of rotatable bonds is 6. The lowest BCUT2D eigenvalue weighted by Gasteiger charge is -2.36. The first-order chi connectivity index (χ1) is 12.6. The second kappa shape index (κ2) is 7.88. The monoisotopic (exact) mass is 429 g/mol. The Balaban J connectivity index is 1.73. The maximum absolute atomic E-state index is 12.2. The molecule has 148 valence electrons. The standard InChI is InChI=1S/C17H23N3O4S3/c1-26(21,22)17-13-15(27(18,23)24)4-5-16(17)20-10-8-19(9-11-20)7-6-14-3-2-12-25-14/h2-5,12-13H,6-11H2,1H3,(H2,18,23,24). The second-order valence-electron chi connectivity index (χ2n) is 6.60. The lowest BCUT2D eigenvalue weighted by atomic mass is 10.2. The Morgan fingerprint density at radius 1 is 1.07 bits per heavy atom. The van der Waals surface area contributed by atoms with E-state index in [9.17, 15) is 16.8 Å². The minimum absolute atomic E-state index is 0.000982. The minimum Gasteiger partial charge on any atom is -0.368 e. The molecule has 0 saturated carbocycles. The molecule has 3 rings (SSSR count). The SMILES string of the molecule is CS(=O)(=O)c1cc(S(N)(=O)=O)ccc1N1CCN(CCc2cccs2)CC1. The van der Waals surface area contributed by atoms with Gasteiger partial charge in [-0.3, -0.25) is 4.90 Å². The first-order valence-electron chi connectivity index (χ1n) is 8.51. The molecule has 0 atom stereocenters. The largest absolute Gasteiger partial charge is 0.368 e. The summed E-state index contributed by atoms with van der Waals surface area (Å²) in [5, 5.41) is 7.22. The summed E-state index contributed by atoms with van der Waals surface area (Å²) in [6.45, 7) is 3.98. The predicted molar refractivity (Wildman–Crippen MR) is 108 cm³/mol. The van der Waals surface area contributed by atoms with Crippen LogP contribution in [0.4, 0.5) is 5.69 Å². The topological polar surface area (TPSA) is 101 Å². The summed E-state index contributed by atoms with van der Waals surface area (Å²) >= 11 is 1.75. The van der Waals surface area contributed by atoms with Gasteiger partial charge in [0.1, 0.15) is 0 Å². The van der Waals surface area contributed by atoms with E-state index in [1.807, 2.05) is 4.90 Å². The zero-order valence-electron chi connectivity index (χ0n) is 15.0. The molecule has 0 aliphatic carbocycles. The summed E-state index contributed by atoms with van der Waals surface area (Å²) in [6, 6.07) is 8.24. The molecule has 1 fully saturated rings. The van der Waals surface area contributed by atoms with Gasteiger partial charge in [0.15, 0.2) is 9.84 Å². The minimum atomic E-state index is -3.96. The second-order valence-corrected chi connectivity index (χ2v) is 11.2. The molecule has 1 aliphatic heterocycles. The number of sulfone groups is 1. The Bertz CT molecular complexity index is 994. The predicted octanol–water partition coefficient (Wildman–Crippen LogP) is 1.16. The van der Waals surface area contributed by atoms with Gasteiger partial charge in [0.2, 0.25) is 10.0 Å². The number of thiophene rings is 1. The van der Waals surface area contributed by atoms with Crippen LogP contribution in [0.5, 0.6) is 0 Å². The number of nitrogens with zero attached hydrogens (tertiary/aromatic N) is 2. The van der Waals surface area contributed by atoms with E-state index in [1.165, 1.54) is 17.0 Å². The van der Waals surface area contributed by atoms with Crippen molar-refractivity contribution in [2.45, 2.75) is 16.2 Å². The Hall–Kier alpha value is -1.46. The van der Waals surface area contributed by atoms with Gasteiger partial charge in [0.25, 0.3) is 0 Å². The Labute approximate surface area is 164 Å². The Morgan fingerprint density at radius 2 is 1.78 bits per heavy atom. The summed E-state index contributed by atoms with van der Waals surface area (Å²) in [4.78, 5) is 5.51. The van der Waals surface area contributed by atoms with Crippen molar-refractivity contribution in [1.82, 2.24) is 4.90 Å². The third kappa shape index (κ3) is 5.08. The Kier molecular flexibility index (Phi) is 5.92. The highest BCUT2D eigenvalue weighted by Gasteiger charge is 2.24. The van der Waals surface area contributed by atoms with Gasteiger partial charge in [-0.2, -0.15) is 0 Å². The molecule has 2 N–H and O–H groups in total. The molecule has 1 aromatic heterocycles. The zero-order valence-corrected chi connectivity index (χ0v) is 17.5. The van der Waals surface area contributed by atoms with Crippen LogP contribution in [0.25, 0.3) is 0 Å². The van der Waals surface area contributed by atoms with E-state index in [-0.39, 0.29) is 9.79 Å². The average molecular weight is 430 g/mol. The van der Waals surface area contributed by atoms with Gasteiger partial charge in [-0.25, -0.2) is 22.0 Å². The highest BCUT2D eigenvalue weighted by molar-refractivity contribution is 7.91. The van der Waals surface area contributed by atoms with Crippen LogP contribution in [0.3, 0.4) is 0 Å². The average Bonchev–Trinajstić information content (AvgIpc) is 3.12. The highest BCUT2D eigenvalue weighted by atomic mass is 32.2. The van der Waals surface area contributed by atoms with Crippen molar-refractivity contribution < 1.29 is 16.8 Å². The number of sulfonamides is 1. The number of primary sulfonamides is 1. The molecule has 10 heteroatoms. The molecule has 1 saturated heterocycles. The third-order valence-electron chi connectivity index (χ3n) is 4.63. The van der Waals surface area contributed by atoms with Crippen molar-refractivity contribution in [1.29, 1.82) is 0 Å². The van der Waals surface area contributed by atoms with E-state index in [1.54, 1.807) is 11.3 Å². The summed E-state index contributed by atoms with van der Waals surface area (Å²) in [5.41, 5.74) is 0.530. The van der Waals surface area contributed by atoms with Crippen LogP contribution in [0.2, 0.25) is 0 Å². The summed E-state index contributed by atoms with van der Waals surface area (Å²) < 4.78 is 47.6. The van der Waals surface area contributed by atoms with E-state index in [0.717, 1.165) is 38.4 Å². The number of benzene rings is 1. The molecule has 2 aromatic rings. The lowest BCUT2D eigenvalue weighted by Crippen LogP contribution is -2.47. The van der Waals surface area contributed by atoms with E-state index in [0.29, 0.717) is 18.8 Å². The van der Waals surface area contributed by atoms with Crippen LogP contribution < -0.4 is 10.0 Å². The van der Waals surface area contributed by atoms with Gasteiger partial charge in [0.05, 0.1) is 15.5 Å². The van der Waals surface area contributed by atoms with Gasteiger partial charge < -0.3 is 4.90 Å². The van der Waals surface area contributed by atoms with Crippen LogP contribution in [0, 0.1) is 0 Å². The smallest absolute Gasteiger partial charge is 0.238 e. The van der Waals surface area contributed by atoms with Crippen LogP contribution in [0.15, 0.2) is 45.5 Å². The van der Waals surface area contributed by atoms with Crippen molar-refractivity contribution in [3.63, 3.8) is 0 Å². The fraction of sp³-hybridized carbons (Fsp3) is 0.412. The van der Waals surface area contributed by atoms with Crippen molar-refractivity contribution in [3.05, 3.63) is 40.6 Å². The zero-order chi connectivity index (χ0) is 19.7. The molecule has 27 heavy (non-hydrogen) atoms. The molecule has 0 bridgehead atoms. The summed E-state index contributed by atoms with van der Waals surface area (Å²) in [6.07, 6.45) is 2.09. The quantitative estimate of drug-likeness (QED) is 0.740. The van der Waals surface area contributed by atoms with Gasteiger partial charge >= 0.3 is 0 Å². The van der Waals surface area contributed by atoms with Gasteiger partial charge in [0, 0.05) is 43.9 Å². The highest BCUT2D eigenvalue weighted by Crippen LogP contribution is 2.29. The van der Waals surface area contributed by atoms with Gasteiger partial charge in [-0.1, -0.05) is 6.07 Å². The summed E-state index contributed by atoms with van der Waals surface area (Å²) in [5.74, 6) is 0. The molecular formula is C17H23N3O4S3. The maximum atomic E-state index is 12.2. The first kappa shape index (κ1) is 20.3. The van der Waals surface area contributed by atoms with Crippen molar-refractivity contribution in [3.8, 4) is 0 Å². The molecular weight excluding hydrogens is 406 g/mol. The Morgan fingerprint density at radius 3 is 2.33 bits per heavy atom. The molecule has 0 spiro atoms. The number of anilines is 1. The van der Waals surface area contributed by atoms with Crippen LogP contribution >= 0.6 is 11.3 Å². The van der Waals surface area contributed by atoms with Crippen molar-refractivity contribution in [2.24, 2.45) is 5.14 Å². The molecule has 0 amide bonds. The normalized spacial score (nSPS) is 16.6. The van der Waals surface area contributed by atoms with E-state index in [2.05, 4.69) is 22.4 Å². The van der Waals surface area contributed by atoms with E-state index >= 15 is 0 Å². The number of piperazine rings is 1. The fourth-order valence-electron chi connectivity index (χ4n) is 3.17. The molecule has 7 nitrogen and oxygen atoms in total. The third-order valence-corrected chi connectivity index (χ3v) is 7.60. The van der Waals surface area contributed by atoms with Crippen molar-refractivity contribution in [2.75, 3.05) is 43.9 Å². The fourth-order valence-corrected chi connectivity index (χ4v) is 5.40. The van der Waals surface area contributed by atoms with Crippen LogP contribution in [0.1, 0.15) is 4.88 Å². The number of hydrogen-bond donors (Lipinski definition) is 1. The molecule has 1 aliphatic rings. The van der Waals surface area contributed by atoms with E-state index < -0.39 is 19.9 Å². The first-order valence-corrected chi connectivity index (χ1v) is 12.8. The van der Waals surface area contributed by atoms with Crippen LogP contribution in [-0.4, -0.2) is 60.7 Å². The molecule has 1 aromatic carbocycles. The molecule has 2 heterocycles. The molecule has 0 radical (unpaired) electrons. The summed E-state index contributed by atoms with van der Waals surface area (Å²) in [7, 11) is -7.55.